The van der Waals surface area contributed by atoms with Crippen LogP contribution in [-0.2, 0) is 0 Å². The van der Waals surface area contributed by atoms with E-state index in [0.29, 0.717) is 42.2 Å². The molecule has 0 bridgehead atoms. The first-order valence-electron chi connectivity index (χ1n) is 12.1. The van der Waals surface area contributed by atoms with Crippen LogP contribution in [-0.4, -0.2) is 45.8 Å². The molecule has 1 aliphatic heterocycles. The third-order valence-corrected chi connectivity index (χ3v) is 8.73. The summed E-state index contributed by atoms with van der Waals surface area (Å²) in [7, 11) is 0. The number of hydrogen-bond donors (Lipinski definition) is 1. The minimum Gasteiger partial charge on any atom is -0.349 e. The van der Waals surface area contributed by atoms with Crippen molar-refractivity contribution in [3.05, 3.63) is 69.0 Å². The highest BCUT2D eigenvalue weighted by Crippen LogP contribution is 2.45. The molecular weight excluding hydrogens is 524 g/mol. The van der Waals surface area contributed by atoms with Gasteiger partial charge in [-0.05, 0) is 62.1 Å². The molecule has 1 saturated heterocycles. The van der Waals surface area contributed by atoms with E-state index in [4.69, 9.17) is 0 Å². The minimum absolute atomic E-state index is 0.0345. The Kier molecular flexibility index (Phi) is 6.77. The van der Waals surface area contributed by atoms with Gasteiger partial charge in [0, 0.05) is 23.8 Å². The molecule has 5 rings (SSSR count). The molecule has 1 unspecified atom stereocenters. The van der Waals surface area contributed by atoms with Crippen molar-refractivity contribution in [2.24, 2.45) is 17.8 Å². The summed E-state index contributed by atoms with van der Waals surface area (Å²) in [6.45, 7) is 7.42. The Bertz CT molecular complexity index is 1280. The average molecular weight is 554 g/mol. The first kappa shape index (κ1) is 24.1. The van der Waals surface area contributed by atoms with Crippen LogP contribution in [0.15, 0.2) is 47.1 Å². The molecule has 3 heterocycles. The molecule has 2 aromatic heterocycles. The van der Waals surface area contributed by atoms with Crippen molar-refractivity contribution < 1.29 is 9.59 Å². The number of carbonyl (C=O) groups excluding carboxylic acids is 2. The second-order valence-corrected chi connectivity index (χ2v) is 12.0. The second kappa shape index (κ2) is 9.82. The van der Waals surface area contributed by atoms with Crippen molar-refractivity contribution in [3.63, 3.8) is 0 Å². The van der Waals surface area contributed by atoms with E-state index in [-0.39, 0.29) is 17.9 Å². The van der Waals surface area contributed by atoms with Gasteiger partial charge in [-0.25, -0.2) is 4.98 Å². The first-order chi connectivity index (χ1) is 16.8. The van der Waals surface area contributed by atoms with Crippen molar-refractivity contribution in [3.8, 4) is 10.4 Å². The van der Waals surface area contributed by atoms with E-state index in [1.807, 2.05) is 24.0 Å². The first-order valence-corrected chi connectivity index (χ1v) is 13.7. The summed E-state index contributed by atoms with van der Waals surface area (Å²) in [5.41, 5.74) is 3.07. The van der Waals surface area contributed by atoms with Crippen molar-refractivity contribution >= 4 is 39.1 Å². The molecule has 0 radical (unpaired) electrons. The molecule has 1 N–H and O–H groups in total. The molecule has 1 aliphatic carbocycles. The van der Waals surface area contributed by atoms with Crippen LogP contribution in [0, 0.1) is 31.6 Å². The maximum Gasteiger partial charge on any atom is 0.274 e. The zero-order valence-corrected chi connectivity index (χ0v) is 22.5. The number of fused-ring (bicyclic) bond motifs is 1. The Morgan fingerprint density at radius 1 is 1.20 bits per heavy atom. The summed E-state index contributed by atoms with van der Waals surface area (Å²) in [5.74, 6) is 1.22. The lowest BCUT2D eigenvalue weighted by molar-refractivity contribution is 0.0692. The van der Waals surface area contributed by atoms with E-state index in [1.165, 1.54) is 0 Å². The van der Waals surface area contributed by atoms with Crippen LogP contribution in [0.25, 0.3) is 10.4 Å². The SMILES string of the molecule is Cc1cccc(-c2sc(C)nc2C(=O)N2C[C@@H]3CC(C)C[C@@H]3[C@H]2CNC(=O)c2cc(Br)ccn2)c1. The predicted molar refractivity (Wildman–Crippen MR) is 141 cm³/mol. The van der Waals surface area contributed by atoms with Crippen molar-refractivity contribution in [2.75, 3.05) is 13.1 Å². The zero-order valence-electron chi connectivity index (χ0n) is 20.1. The van der Waals surface area contributed by atoms with E-state index >= 15 is 0 Å². The zero-order chi connectivity index (χ0) is 24.7. The Labute approximate surface area is 218 Å². The van der Waals surface area contributed by atoms with Crippen molar-refractivity contribution in [1.82, 2.24) is 20.2 Å². The lowest BCUT2D eigenvalue weighted by atomic mass is 9.93. The average Bonchev–Trinajstić information content (AvgIpc) is 3.49. The van der Waals surface area contributed by atoms with E-state index in [1.54, 1.807) is 29.7 Å². The van der Waals surface area contributed by atoms with Gasteiger partial charge in [-0.3, -0.25) is 14.6 Å². The number of likely N-dealkylation sites (tertiary alicyclic amines) is 1. The van der Waals surface area contributed by atoms with Crippen LogP contribution in [0.4, 0.5) is 0 Å². The summed E-state index contributed by atoms with van der Waals surface area (Å²) in [6, 6.07) is 11.7. The number of amides is 2. The van der Waals surface area contributed by atoms with Gasteiger partial charge in [-0.1, -0.05) is 52.7 Å². The summed E-state index contributed by atoms with van der Waals surface area (Å²) < 4.78 is 0.808. The Hall–Kier alpha value is -2.58. The summed E-state index contributed by atoms with van der Waals surface area (Å²) in [6.07, 6.45) is 3.80. The van der Waals surface area contributed by atoms with E-state index in [0.717, 1.165) is 38.3 Å². The van der Waals surface area contributed by atoms with Gasteiger partial charge < -0.3 is 10.2 Å². The number of aromatic nitrogens is 2. The third-order valence-electron chi connectivity index (χ3n) is 7.22. The van der Waals surface area contributed by atoms with Crippen LogP contribution in [0.3, 0.4) is 0 Å². The topological polar surface area (TPSA) is 75.2 Å². The molecule has 8 heteroatoms. The molecule has 2 fully saturated rings. The highest BCUT2D eigenvalue weighted by molar-refractivity contribution is 9.10. The molecule has 4 atom stereocenters. The van der Waals surface area contributed by atoms with Crippen molar-refractivity contribution in [1.29, 1.82) is 0 Å². The fourth-order valence-corrected chi connectivity index (χ4v) is 6.99. The Morgan fingerprint density at radius 2 is 2.03 bits per heavy atom. The van der Waals surface area contributed by atoms with Crippen LogP contribution < -0.4 is 5.32 Å². The van der Waals surface area contributed by atoms with Crippen LogP contribution in [0.1, 0.15) is 51.3 Å². The smallest absolute Gasteiger partial charge is 0.274 e. The second-order valence-electron chi connectivity index (χ2n) is 9.87. The maximum absolute atomic E-state index is 14.0. The molecule has 1 aromatic carbocycles. The quantitative estimate of drug-likeness (QED) is 0.453. The number of rotatable bonds is 5. The van der Waals surface area contributed by atoms with Gasteiger partial charge in [0.1, 0.15) is 11.4 Å². The fourth-order valence-electron chi connectivity index (χ4n) is 5.75. The monoisotopic (exact) mass is 552 g/mol. The van der Waals surface area contributed by atoms with Gasteiger partial charge in [0.05, 0.1) is 15.9 Å². The van der Waals surface area contributed by atoms with Gasteiger partial charge in [0.15, 0.2) is 0 Å². The molecular formula is C27H29BrN4O2S. The molecule has 35 heavy (non-hydrogen) atoms. The molecule has 182 valence electrons. The van der Waals surface area contributed by atoms with E-state index in [2.05, 4.69) is 57.2 Å². The number of carbonyl (C=O) groups is 2. The summed E-state index contributed by atoms with van der Waals surface area (Å²) in [5, 5.41) is 3.94. The van der Waals surface area contributed by atoms with Crippen LogP contribution in [0.5, 0.6) is 0 Å². The number of halogens is 1. The standard InChI is InChI=1S/C27H29BrN4O2S/c1-15-5-4-6-18(9-15)25-24(31-17(3)35-25)27(34)32-14-19-10-16(2)11-21(19)23(32)13-30-26(33)22-12-20(28)7-8-29-22/h4-9,12,16,19,21,23H,10-11,13-14H2,1-3H3,(H,30,33)/t16?,19-,21-,23+/m0/s1. The molecule has 3 aromatic rings. The normalized spacial score (nSPS) is 23.4. The van der Waals surface area contributed by atoms with E-state index in [9.17, 15) is 9.59 Å². The highest BCUT2D eigenvalue weighted by atomic mass is 79.9. The van der Waals surface area contributed by atoms with Crippen LogP contribution in [0.2, 0.25) is 0 Å². The van der Waals surface area contributed by atoms with Crippen LogP contribution >= 0.6 is 27.3 Å². The Morgan fingerprint density at radius 3 is 2.80 bits per heavy atom. The molecule has 1 saturated carbocycles. The van der Waals surface area contributed by atoms with Gasteiger partial charge in [-0.15, -0.1) is 11.3 Å². The summed E-state index contributed by atoms with van der Waals surface area (Å²) in [4.78, 5) is 38.5. The number of aryl methyl sites for hydroxylation is 2. The molecule has 6 nitrogen and oxygen atoms in total. The number of hydrogen-bond acceptors (Lipinski definition) is 5. The fraction of sp³-hybridized carbons (Fsp3) is 0.407. The number of benzene rings is 1. The van der Waals surface area contributed by atoms with Gasteiger partial charge >= 0.3 is 0 Å². The number of nitrogens with zero attached hydrogens (tertiary/aromatic N) is 3. The van der Waals surface area contributed by atoms with Gasteiger partial charge in [0.2, 0.25) is 0 Å². The Balaban J connectivity index is 1.41. The molecule has 2 amide bonds. The highest BCUT2D eigenvalue weighted by Gasteiger charge is 2.48. The summed E-state index contributed by atoms with van der Waals surface area (Å²) >= 11 is 4.96. The van der Waals surface area contributed by atoms with E-state index < -0.39 is 0 Å². The van der Waals surface area contributed by atoms with Gasteiger partial charge in [-0.2, -0.15) is 0 Å². The van der Waals surface area contributed by atoms with Crippen molar-refractivity contribution in [2.45, 2.75) is 39.7 Å². The predicted octanol–water partition coefficient (Wildman–Crippen LogP) is 5.50. The lowest BCUT2D eigenvalue weighted by Gasteiger charge is -2.28. The number of nitrogens with one attached hydrogen (secondary N) is 1. The largest absolute Gasteiger partial charge is 0.349 e. The lowest BCUT2D eigenvalue weighted by Crippen LogP contribution is -2.46. The minimum atomic E-state index is -0.224. The molecule has 0 spiro atoms. The number of thiazole rings is 1. The maximum atomic E-state index is 14.0. The number of pyridine rings is 1. The third kappa shape index (κ3) is 4.91. The van der Waals surface area contributed by atoms with Gasteiger partial charge in [0.25, 0.3) is 11.8 Å². The molecule has 2 aliphatic rings.